The number of amides is 1. The number of anilines is 2. The Kier molecular flexibility index (Phi) is 4.27. The molecular weight excluding hydrogens is 336 g/mol. The quantitative estimate of drug-likeness (QED) is 0.862. The van der Waals surface area contributed by atoms with Crippen molar-refractivity contribution >= 4 is 27.3 Å². The first-order valence-corrected chi connectivity index (χ1v) is 9.65. The third kappa shape index (κ3) is 3.37. The van der Waals surface area contributed by atoms with E-state index in [1.807, 2.05) is 6.92 Å². The summed E-state index contributed by atoms with van der Waals surface area (Å²) in [5.74, 6) is 2.26. The average molecular weight is 354 g/mol. The Hall–Kier alpha value is -2.78. The maximum atomic E-state index is 12.5. The molecule has 0 saturated carbocycles. The van der Waals surface area contributed by atoms with Gasteiger partial charge in [0.2, 0.25) is 10.0 Å². The number of nitrogens with one attached hydrogen (secondary N) is 1. The molecule has 128 valence electrons. The second-order valence-corrected chi connectivity index (χ2v) is 7.99. The van der Waals surface area contributed by atoms with E-state index >= 15 is 0 Å². The molecule has 2 aromatic rings. The van der Waals surface area contributed by atoms with Crippen LogP contribution in [0.25, 0.3) is 0 Å². The lowest BCUT2D eigenvalue weighted by atomic mass is 10.1. The van der Waals surface area contributed by atoms with Crippen LogP contribution in [0.4, 0.5) is 11.4 Å². The van der Waals surface area contributed by atoms with Gasteiger partial charge in [0.1, 0.15) is 0 Å². The molecule has 3 rings (SSSR count). The lowest BCUT2D eigenvalue weighted by Crippen LogP contribution is -2.34. The van der Waals surface area contributed by atoms with Crippen LogP contribution in [0, 0.1) is 12.3 Å². The molecule has 1 aliphatic heterocycles. The van der Waals surface area contributed by atoms with Gasteiger partial charge in [-0.1, -0.05) is 12.0 Å². The van der Waals surface area contributed by atoms with Crippen LogP contribution >= 0.6 is 0 Å². The van der Waals surface area contributed by atoms with Gasteiger partial charge in [0.15, 0.2) is 0 Å². The van der Waals surface area contributed by atoms with Crippen molar-refractivity contribution in [3.8, 4) is 12.3 Å². The Bertz CT molecular complexity index is 990. The van der Waals surface area contributed by atoms with Gasteiger partial charge in [-0.3, -0.25) is 9.10 Å². The first kappa shape index (κ1) is 17.1. The standard InChI is InChI=1S/C19H18N2O3S/c1-4-14-6-5-7-17(11-14)20-19(22)15-8-9-18-16(12-15)10-13(2)21(18)25(3,23)24/h1,5-9,11-13H,10H2,2-3H3,(H,20,22). The Morgan fingerprint density at radius 2 is 2.04 bits per heavy atom. The fourth-order valence-electron chi connectivity index (χ4n) is 3.14. The summed E-state index contributed by atoms with van der Waals surface area (Å²) in [6.45, 7) is 1.85. The normalized spacial score (nSPS) is 16.2. The molecule has 0 saturated heterocycles. The van der Waals surface area contributed by atoms with Crippen LogP contribution in [0.3, 0.4) is 0 Å². The number of nitrogens with zero attached hydrogens (tertiary/aromatic N) is 1. The molecule has 25 heavy (non-hydrogen) atoms. The topological polar surface area (TPSA) is 66.5 Å². The van der Waals surface area contributed by atoms with Crippen LogP contribution in [0.5, 0.6) is 0 Å². The molecule has 1 amide bonds. The van der Waals surface area contributed by atoms with E-state index in [2.05, 4.69) is 11.2 Å². The van der Waals surface area contributed by atoms with Crippen molar-refractivity contribution in [2.75, 3.05) is 15.9 Å². The maximum absolute atomic E-state index is 12.5. The van der Waals surface area contributed by atoms with Crippen LogP contribution in [0.1, 0.15) is 28.4 Å². The zero-order chi connectivity index (χ0) is 18.2. The Morgan fingerprint density at radius 1 is 1.28 bits per heavy atom. The van der Waals surface area contributed by atoms with Crippen LogP contribution < -0.4 is 9.62 Å². The summed E-state index contributed by atoms with van der Waals surface area (Å²) in [6, 6.07) is 12.0. The van der Waals surface area contributed by atoms with E-state index in [4.69, 9.17) is 6.42 Å². The van der Waals surface area contributed by atoms with Gasteiger partial charge in [0, 0.05) is 22.9 Å². The number of carbonyl (C=O) groups is 1. The van der Waals surface area contributed by atoms with Gasteiger partial charge in [-0.2, -0.15) is 0 Å². The minimum absolute atomic E-state index is 0.157. The molecule has 0 aromatic heterocycles. The summed E-state index contributed by atoms with van der Waals surface area (Å²) in [5, 5.41) is 2.81. The highest BCUT2D eigenvalue weighted by Crippen LogP contribution is 2.34. The molecule has 0 bridgehead atoms. The Labute approximate surface area is 147 Å². The Morgan fingerprint density at radius 3 is 2.72 bits per heavy atom. The molecule has 1 aliphatic rings. The lowest BCUT2D eigenvalue weighted by Gasteiger charge is -2.21. The highest BCUT2D eigenvalue weighted by atomic mass is 32.2. The van der Waals surface area contributed by atoms with E-state index in [9.17, 15) is 13.2 Å². The number of terminal acetylenes is 1. The van der Waals surface area contributed by atoms with E-state index < -0.39 is 10.0 Å². The van der Waals surface area contributed by atoms with E-state index in [1.54, 1.807) is 42.5 Å². The van der Waals surface area contributed by atoms with Gasteiger partial charge >= 0.3 is 0 Å². The molecule has 0 aliphatic carbocycles. The van der Waals surface area contributed by atoms with Crippen LogP contribution in [0.2, 0.25) is 0 Å². The minimum atomic E-state index is -3.34. The maximum Gasteiger partial charge on any atom is 0.255 e. The number of rotatable bonds is 3. The fourth-order valence-corrected chi connectivity index (χ4v) is 4.40. The minimum Gasteiger partial charge on any atom is -0.322 e. The van der Waals surface area contributed by atoms with Crippen LogP contribution in [0.15, 0.2) is 42.5 Å². The molecule has 0 fully saturated rings. The van der Waals surface area contributed by atoms with E-state index in [0.717, 1.165) is 5.56 Å². The second-order valence-electron chi connectivity index (χ2n) is 6.13. The smallest absolute Gasteiger partial charge is 0.255 e. The summed E-state index contributed by atoms with van der Waals surface area (Å²) in [5.41, 5.74) is 3.27. The number of fused-ring (bicyclic) bond motifs is 1. The summed E-state index contributed by atoms with van der Waals surface area (Å²) >= 11 is 0. The fraction of sp³-hybridized carbons (Fsp3) is 0.211. The Balaban J connectivity index is 1.87. The van der Waals surface area contributed by atoms with Crippen molar-refractivity contribution in [1.82, 2.24) is 0 Å². The first-order chi connectivity index (χ1) is 11.8. The summed E-state index contributed by atoms with van der Waals surface area (Å²) in [4.78, 5) is 12.5. The molecule has 0 spiro atoms. The molecule has 1 heterocycles. The van der Waals surface area contributed by atoms with Crippen molar-refractivity contribution in [2.24, 2.45) is 0 Å². The van der Waals surface area contributed by atoms with Gasteiger partial charge in [-0.15, -0.1) is 6.42 Å². The molecule has 6 heteroatoms. The van der Waals surface area contributed by atoms with E-state index in [-0.39, 0.29) is 11.9 Å². The molecule has 1 unspecified atom stereocenters. The number of carbonyl (C=O) groups excluding carboxylic acids is 1. The summed E-state index contributed by atoms with van der Waals surface area (Å²) in [7, 11) is -3.34. The predicted octanol–water partition coefficient (Wildman–Crippen LogP) is 2.63. The van der Waals surface area contributed by atoms with Crippen LogP contribution in [-0.2, 0) is 16.4 Å². The first-order valence-electron chi connectivity index (χ1n) is 7.80. The molecule has 5 nitrogen and oxygen atoms in total. The molecular formula is C19H18N2O3S. The lowest BCUT2D eigenvalue weighted by molar-refractivity contribution is 0.102. The van der Waals surface area contributed by atoms with Crippen molar-refractivity contribution in [3.63, 3.8) is 0 Å². The van der Waals surface area contributed by atoms with E-state index in [0.29, 0.717) is 28.9 Å². The van der Waals surface area contributed by atoms with Crippen molar-refractivity contribution < 1.29 is 13.2 Å². The zero-order valence-corrected chi connectivity index (χ0v) is 14.8. The van der Waals surface area contributed by atoms with Crippen LogP contribution in [-0.4, -0.2) is 26.6 Å². The monoisotopic (exact) mass is 354 g/mol. The third-order valence-electron chi connectivity index (χ3n) is 4.14. The van der Waals surface area contributed by atoms with Crippen molar-refractivity contribution in [1.29, 1.82) is 0 Å². The summed E-state index contributed by atoms with van der Waals surface area (Å²) in [6.07, 6.45) is 7.14. The number of benzene rings is 2. The molecule has 2 aromatic carbocycles. The zero-order valence-electron chi connectivity index (χ0n) is 14.0. The number of hydrogen-bond acceptors (Lipinski definition) is 3. The molecule has 1 N–H and O–H groups in total. The van der Waals surface area contributed by atoms with Gasteiger partial charge in [0.25, 0.3) is 5.91 Å². The predicted molar refractivity (Wildman–Crippen MR) is 99.3 cm³/mol. The second kappa shape index (κ2) is 6.26. The van der Waals surface area contributed by atoms with Gasteiger partial charge < -0.3 is 5.32 Å². The number of hydrogen-bond donors (Lipinski definition) is 1. The van der Waals surface area contributed by atoms with Gasteiger partial charge in [-0.25, -0.2) is 8.42 Å². The number of sulfonamides is 1. The van der Waals surface area contributed by atoms with Crippen molar-refractivity contribution in [2.45, 2.75) is 19.4 Å². The van der Waals surface area contributed by atoms with Gasteiger partial charge in [0.05, 0.1) is 11.9 Å². The van der Waals surface area contributed by atoms with Crippen molar-refractivity contribution in [3.05, 3.63) is 59.2 Å². The SMILES string of the molecule is C#Cc1cccc(NC(=O)c2ccc3c(c2)CC(C)N3S(C)(=O)=O)c1. The summed E-state index contributed by atoms with van der Waals surface area (Å²) < 4.78 is 25.3. The van der Waals surface area contributed by atoms with Gasteiger partial charge in [-0.05, 0) is 55.3 Å². The van der Waals surface area contributed by atoms with E-state index in [1.165, 1.54) is 10.6 Å². The highest BCUT2D eigenvalue weighted by Gasteiger charge is 2.32. The third-order valence-corrected chi connectivity index (χ3v) is 5.41. The average Bonchev–Trinajstić information content (AvgIpc) is 2.89. The molecule has 1 atom stereocenters. The highest BCUT2D eigenvalue weighted by molar-refractivity contribution is 7.92. The largest absolute Gasteiger partial charge is 0.322 e. The molecule has 0 radical (unpaired) electrons.